The van der Waals surface area contributed by atoms with Gasteiger partial charge in [0.05, 0.1) is 40.7 Å². The number of hydrogen-bond acceptors (Lipinski definition) is 9. The van der Waals surface area contributed by atoms with Gasteiger partial charge in [-0.05, 0) is 48.4 Å². The third-order valence-corrected chi connectivity index (χ3v) is 8.50. The molecule has 40 heavy (non-hydrogen) atoms. The number of benzene rings is 2. The number of ether oxygens (including phenoxy) is 1. The second-order valence-corrected chi connectivity index (χ2v) is 11.4. The van der Waals surface area contributed by atoms with Gasteiger partial charge in [-0.15, -0.1) is 0 Å². The summed E-state index contributed by atoms with van der Waals surface area (Å²) >= 11 is 0. The molecule has 12 heteroatoms. The fourth-order valence-electron chi connectivity index (χ4n) is 4.86. The van der Waals surface area contributed by atoms with Crippen LogP contribution in [0.2, 0.25) is 0 Å². The molecule has 3 aromatic rings. The molecule has 2 aromatic carbocycles. The minimum atomic E-state index is -3.46. The maximum atomic E-state index is 13.9. The maximum absolute atomic E-state index is 13.9. The van der Waals surface area contributed by atoms with E-state index in [1.165, 1.54) is 43.5 Å². The Morgan fingerprint density at radius 1 is 1.10 bits per heavy atom. The van der Waals surface area contributed by atoms with Crippen LogP contribution in [0.1, 0.15) is 17.7 Å². The molecule has 2 aliphatic heterocycles. The van der Waals surface area contributed by atoms with Crippen LogP contribution in [0.5, 0.6) is 5.75 Å². The normalized spacial score (nSPS) is 19.6. The molecule has 0 radical (unpaired) electrons. The molecule has 0 aliphatic carbocycles. The number of rotatable bonds is 6. The number of nitro benzene ring substituents is 1. The van der Waals surface area contributed by atoms with Crippen molar-refractivity contribution >= 4 is 39.0 Å². The summed E-state index contributed by atoms with van der Waals surface area (Å²) in [6.07, 6.45) is 1.41. The summed E-state index contributed by atoms with van der Waals surface area (Å²) in [5.74, 6) is -1.40. The first-order valence-electron chi connectivity index (χ1n) is 12.1. The summed E-state index contributed by atoms with van der Waals surface area (Å²) in [5, 5.41) is 21.5. The van der Waals surface area contributed by atoms with Gasteiger partial charge in [-0.25, -0.2) is 8.42 Å². The lowest BCUT2D eigenvalue weighted by Gasteiger charge is -2.32. The van der Waals surface area contributed by atoms with Crippen LogP contribution in [0.25, 0.3) is 23.0 Å². The van der Waals surface area contributed by atoms with E-state index < -0.39 is 38.4 Å². The molecule has 1 atom stereocenters. The Labute approximate surface area is 228 Å². The number of imide groups is 1. The standard InChI is InChI=1S/C28H21N3O8S/c1-38-19-8-6-17(7-9-19)26-22(14-20-10-11-25(39-20)21-4-2-3-5-24(21)31(34)35)27(32)30(28(33)23(26)15-29)18-12-13-40(36,37)16-18/h2-11,14,18H,12-13,16H2,1H3/b22-14-. The predicted molar refractivity (Wildman–Crippen MR) is 143 cm³/mol. The van der Waals surface area contributed by atoms with Crippen molar-refractivity contribution < 1.29 is 32.1 Å². The Balaban J connectivity index is 1.67. The molecule has 1 saturated heterocycles. The number of nitriles is 1. The molecule has 0 N–H and O–H groups in total. The smallest absolute Gasteiger partial charge is 0.280 e. The fourth-order valence-corrected chi connectivity index (χ4v) is 6.56. The quantitative estimate of drug-likeness (QED) is 0.189. The van der Waals surface area contributed by atoms with Crippen LogP contribution < -0.4 is 4.74 Å². The summed E-state index contributed by atoms with van der Waals surface area (Å²) in [4.78, 5) is 39.1. The average Bonchev–Trinajstić information content (AvgIpc) is 3.56. The molecule has 5 rings (SSSR count). The van der Waals surface area contributed by atoms with Gasteiger partial charge < -0.3 is 9.15 Å². The number of nitrogens with zero attached hydrogens (tertiary/aromatic N) is 3. The number of carbonyl (C=O) groups is 2. The third kappa shape index (κ3) is 4.78. The van der Waals surface area contributed by atoms with Crippen LogP contribution >= 0.6 is 0 Å². The first kappa shape index (κ1) is 26.6. The lowest BCUT2D eigenvalue weighted by atomic mass is 9.87. The van der Waals surface area contributed by atoms with E-state index in [1.807, 2.05) is 6.07 Å². The average molecular weight is 560 g/mol. The van der Waals surface area contributed by atoms with E-state index >= 15 is 0 Å². The number of sulfone groups is 1. The van der Waals surface area contributed by atoms with Crippen molar-refractivity contribution in [1.29, 1.82) is 5.26 Å². The zero-order valence-electron chi connectivity index (χ0n) is 21.1. The molecular weight excluding hydrogens is 538 g/mol. The minimum absolute atomic E-state index is 0.0564. The lowest BCUT2D eigenvalue weighted by molar-refractivity contribution is -0.384. The summed E-state index contributed by atoms with van der Waals surface area (Å²) < 4.78 is 35.4. The van der Waals surface area contributed by atoms with Gasteiger partial charge in [0.15, 0.2) is 9.84 Å². The van der Waals surface area contributed by atoms with E-state index in [4.69, 9.17) is 9.15 Å². The van der Waals surface area contributed by atoms with Gasteiger partial charge in [0.25, 0.3) is 17.5 Å². The van der Waals surface area contributed by atoms with Gasteiger partial charge in [-0.1, -0.05) is 24.3 Å². The van der Waals surface area contributed by atoms with Crippen LogP contribution in [-0.4, -0.2) is 54.7 Å². The van der Waals surface area contributed by atoms with Crippen LogP contribution in [0, 0.1) is 21.4 Å². The Morgan fingerprint density at radius 3 is 2.45 bits per heavy atom. The lowest BCUT2D eigenvalue weighted by Crippen LogP contribution is -2.49. The third-order valence-electron chi connectivity index (χ3n) is 6.74. The van der Waals surface area contributed by atoms with Crippen molar-refractivity contribution in [2.24, 2.45) is 0 Å². The Hall–Kier alpha value is -5.02. The Kier molecular flexibility index (Phi) is 6.83. The van der Waals surface area contributed by atoms with Crippen LogP contribution in [0.3, 0.4) is 0 Å². The van der Waals surface area contributed by atoms with E-state index in [0.29, 0.717) is 11.3 Å². The predicted octanol–water partition coefficient (Wildman–Crippen LogP) is 3.78. The number of carbonyl (C=O) groups excluding carboxylic acids is 2. The summed E-state index contributed by atoms with van der Waals surface area (Å²) in [6.45, 7) is 0. The molecule has 0 bridgehead atoms. The van der Waals surface area contributed by atoms with E-state index in [9.17, 15) is 33.4 Å². The van der Waals surface area contributed by atoms with Crippen LogP contribution in [-0.2, 0) is 19.4 Å². The van der Waals surface area contributed by atoms with Gasteiger partial charge in [0.2, 0.25) is 0 Å². The van der Waals surface area contributed by atoms with E-state index in [0.717, 1.165) is 4.90 Å². The Bertz CT molecular complexity index is 1760. The van der Waals surface area contributed by atoms with Crippen LogP contribution in [0.4, 0.5) is 5.69 Å². The zero-order valence-corrected chi connectivity index (χ0v) is 21.9. The topological polar surface area (TPSA) is 161 Å². The van der Waals surface area contributed by atoms with E-state index in [-0.39, 0.29) is 51.7 Å². The minimum Gasteiger partial charge on any atom is -0.497 e. The number of nitro groups is 1. The first-order chi connectivity index (χ1) is 19.1. The van der Waals surface area contributed by atoms with Crippen molar-refractivity contribution in [2.75, 3.05) is 18.6 Å². The van der Waals surface area contributed by atoms with Gasteiger partial charge in [-0.3, -0.25) is 24.6 Å². The van der Waals surface area contributed by atoms with Crippen LogP contribution in [0.15, 0.2) is 76.2 Å². The molecule has 1 fully saturated rings. The van der Waals surface area contributed by atoms with Crippen molar-refractivity contribution in [3.63, 3.8) is 0 Å². The highest BCUT2D eigenvalue weighted by molar-refractivity contribution is 7.91. The highest BCUT2D eigenvalue weighted by atomic mass is 32.2. The fraction of sp³-hybridized carbons (Fsp3) is 0.179. The number of para-hydroxylation sites is 1. The molecule has 0 saturated carbocycles. The second-order valence-electron chi connectivity index (χ2n) is 9.16. The monoisotopic (exact) mass is 559 g/mol. The maximum Gasteiger partial charge on any atom is 0.280 e. The zero-order chi connectivity index (χ0) is 28.6. The second kappa shape index (κ2) is 10.3. The van der Waals surface area contributed by atoms with E-state index in [2.05, 4.69) is 0 Å². The summed E-state index contributed by atoms with van der Waals surface area (Å²) in [5.41, 5.74) is 0.105. The van der Waals surface area contributed by atoms with Gasteiger partial charge in [0.1, 0.15) is 28.9 Å². The van der Waals surface area contributed by atoms with Crippen molar-refractivity contribution in [1.82, 2.24) is 4.90 Å². The molecule has 202 valence electrons. The number of hydrogen-bond donors (Lipinski definition) is 0. The van der Waals surface area contributed by atoms with Gasteiger partial charge in [0, 0.05) is 11.6 Å². The molecule has 2 aliphatic rings. The molecule has 3 heterocycles. The largest absolute Gasteiger partial charge is 0.497 e. The van der Waals surface area contributed by atoms with Crippen molar-refractivity contribution in [3.05, 3.63) is 93.2 Å². The first-order valence-corrected chi connectivity index (χ1v) is 13.9. The number of furan rings is 1. The number of methoxy groups -OCH3 is 1. The molecule has 1 aromatic heterocycles. The molecule has 0 spiro atoms. The molecule has 11 nitrogen and oxygen atoms in total. The number of amides is 2. The highest BCUT2D eigenvalue weighted by Crippen LogP contribution is 2.38. The van der Waals surface area contributed by atoms with Crippen molar-refractivity contribution in [2.45, 2.75) is 12.5 Å². The summed E-state index contributed by atoms with van der Waals surface area (Å²) in [6, 6.07) is 16.4. The molecule has 2 amide bonds. The highest BCUT2D eigenvalue weighted by Gasteiger charge is 2.45. The van der Waals surface area contributed by atoms with Crippen molar-refractivity contribution in [3.8, 4) is 23.1 Å². The molecular formula is C28H21N3O8S. The molecule has 1 unspecified atom stereocenters. The van der Waals surface area contributed by atoms with Gasteiger partial charge in [-0.2, -0.15) is 5.26 Å². The Morgan fingerprint density at radius 2 is 1.82 bits per heavy atom. The van der Waals surface area contributed by atoms with Gasteiger partial charge >= 0.3 is 0 Å². The SMILES string of the molecule is COc1ccc(C2=C(C#N)C(=O)N(C3CCS(=O)(=O)C3)C(=O)/C2=C\c2ccc(-c3ccccc3[N+](=O)[O-])o2)cc1. The van der Waals surface area contributed by atoms with E-state index in [1.54, 1.807) is 30.3 Å². The summed E-state index contributed by atoms with van der Waals surface area (Å²) in [7, 11) is -1.98.